The molecule has 0 bridgehead atoms. The molecule has 1 amide bonds. The Balaban J connectivity index is 1.60. The van der Waals surface area contributed by atoms with E-state index >= 15 is 0 Å². The maximum Gasteiger partial charge on any atom is 0.290 e. The first-order valence-corrected chi connectivity index (χ1v) is 10.9. The molecule has 1 aliphatic heterocycles. The Morgan fingerprint density at radius 2 is 1.94 bits per heavy atom. The fourth-order valence-corrected chi connectivity index (χ4v) is 4.37. The monoisotopic (exact) mass is 444 g/mol. The van der Waals surface area contributed by atoms with Gasteiger partial charge in [-0.05, 0) is 32.0 Å². The highest BCUT2D eigenvalue weighted by molar-refractivity contribution is 6.16. The summed E-state index contributed by atoms with van der Waals surface area (Å²) in [5.41, 5.74) is 2.18. The van der Waals surface area contributed by atoms with E-state index in [-0.39, 0.29) is 30.6 Å². The Kier molecular flexibility index (Phi) is 5.26. The molecular formula is C26H24N2O5. The molecule has 4 aromatic rings. The SMILES string of the molecule is CC(C)OCCN1C(=O)C(O)=C(C(=O)c2cc3ccccc3o2)C1c1c[nH]c2ccccc12. The first kappa shape index (κ1) is 21.0. The van der Waals surface area contributed by atoms with Crippen LogP contribution in [0.25, 0.3) is 21.9 Å². The summed E-state index contributed by atoms with van der Waals surface area (Å²) >= 11 is 0. The molecule has 0 saturated carbocycles. The molecule has 1 aliphatic rings. The van der Waals surface area contributed by atoms with Crippen molar-refractivity contribution in [2.75, 3.05) is 13.2 Å². The number of rotatable bonds is 7. The van der Waals surface area contributed by atoms with Crippen LogP contribution in [0, 0.1) is 0 Å². The molecule has 1 atom stereocenters. The molecule has 2 N–H and O–H groups in total. The molecule has 2 aromatic carbocycles. The van der Waals surface area contributed by atoms with Gasteiger partial charge in [0.15, 0.2) is 11.5 Å². The summed E-state index contributed by atoms with van der Waals surface area (Å²) in [4.78, 5) is 31.4. The third kappa shape index (κ3) is 3.60. The second kappa shape index (κ2) is 8.26. The minimum atomic E-state index is -0.773. The van der Waals surface area contributed by atoms with Crippen LogP contribution in [0.15, 0.2) is 76.5 Å². The first-order chi connectivity index (χ1) is 16.0. The summed E-state index contributed by atoms with van der Waals surface area (Å²) in [7, 11) is 0. The lowest BCUT2D eigenvalue weighted by Crippen LogP contribution is -2.34. The molecule has 3 heterocycles. The zero-order chi connectivity index (χ0) is 23.1. The Morgan fingerprint density at radius 1 is 1.18 bits per heavy atom. The van der Waals surface area contributed by atoms with E-state index in [1.54, 1.807) is 18.3 Å². The minimum absolute atomic E-state index is 0.00699. The highest BCUT2D eigenvalue weighted by atomic mass is 16.5. The van der Waals surface area contributed by atoms with Gasteiger partial charge in [0.05, 0.1) is 24.3 Å². The molecule has 0 fully saturated rings. The predicted octanol–water partition coefficient (Wildman–Crippen LogP) is 4.92. The van der Waals surface area contributed by atoms with Crippen LogP contribution in [0.1, 0.15) is 36.0 Å². The number of benzene rings is 2. The van der Waals surface area contributed by atoms with Crippen molar-refractivity contribution in [3.05, 3.63) is 83.5 Å². The van der Waals surface area contributed by atoms with Gasteiger partial charge in [0.2, 0.25) is 5.78 Å². The van der Waals surface area contributed by atoms with Crippen LogP contribution in [0.3, 0.4) is 0 Å². The zero-order valence-corrected chi connectivity index (χ0v) is 18.4. The average molecular weight is 444 g/mol. The number of hydrogen-bond acceptors (Lipinski definition) is 5. The summed E-state index contributed by atoms with van der Waals surface area (Å²) in [5, 5.41) is 12.5. The van der Waals surface area contributed by atoms with Crippen molar-refractivity contribution in [2.24, 2.45) is 0 Å². The number of nitrogens with zero attached hydrogens (tertiary/aromatic N) is 1. The Morgan fingerprint density at radius 3 is 2.73 bits per heavy atom. The van der Waals surface area contributed by atoms with Crippen LogP contribution in [-0.2, 0) is 9.53 Å². The molecule has 7 heteroatoms. The van der Waals surface area contributed by atoms with Crippen LogP contribution in [0.2, 0.25) is 0 Å². The number of carbonyl (C=O) groups is 2. The van der Waals surface area contributed by atoms with E-state index in [1.165, 1.54) is 4.90 Å². The lowest BCUT2D eigenvalue weighted by molar-refractivity contribution is -0.130. The van der Waals surface area contributed by atoms with E-state index < -0.39 is 23.5 Å². The molecule has 33 heavy (non-hydrogen) atoms. The standard InChI is InChI=1S/C26H24N2O5/c1-15(2)32-12-11-28-23(18-14-27-19-9-5-4-8-17(18)19)22(25(30)26(28)31)24(29)21-13-16-7-3-6-10-20(16)33-21/h3-10,13-15,23,27,30H,11-12H2,1-2H3. The summed E-state index contributed by atoms with van der Waals surface area (Å²) in [6.45, 7) is 4.33. The van der Waals surface area contributed by atoms with E-state index in [9.17, 15) is 14.7 Å². The molecule has 2 aromatic heterocycles. The quantitative estimate of drug-likeness (QED) is 0.395. The number of aromatic amines is 1. The number of hydrogen-bond donors (Lipinski definition) is 2. The van der Waals surface area contributed by atoms with Crippen molar-refractivity contribution in [2.45, 2.75) is 26.0 Å². The van der Waals surface area contributed by atoms with Crippen molar-refractivity contribution in [1.29, 1.82) is 0 Å². The largest absolute Gasteiger partial charge is 0.503 e. The van der Waals surface area contributed by atoms with Gasteiger partial charge in [-0.25, -0.2) is 0 Å². The van der Waals surface area contributed by atoms with Gasteiger partial charge in [0, 0.05) is 34.6 Å². The van der Waals surface area contributed by atoms with E-state index in [1.807, 2.05) is 56.3 Å². The molecule has 5 rings (SSSR count). The van der Waals surface area contributed by atoms with E-state index in [4.69, 9.17) is 9.15 Å². The number of fused-ring (bicyclic) bond motifs is 2. The highest BCUT2D eigenvalue weighted by Gasteiger charge is 2.45. The lowest BCUT2D eigenvalue weighted by atomic mass is 9.94. The molecule has 7 nitrogen and oxygen atoms in total. The summed E-state index contributed by atoms with van der Waals surface area (Å²) < 4.78 is 11.4. The van der Waals surface area contributed by atoms with Crippen molar-refractivity contribution in [1.82, 2.24) is 9.88 Å². The third-order valence-electron chi connectivity index (χ3n) is 5.90. The number of nitrogens with one attached hydrogen (secondary N) is 1. The minimum Gasteiger partial charge on any atom is -0.503 e. The lowest BCUT2D eigenvalue weighted by Gasteiger charge is -2.26. The predicted molar refractivity (Wildman–Crippen MR) is 124 cm³/mol. The molecule has 0 aliphatic carbocycles. The number of furan rings is 1. The molecule has 1 unspecified atom stereocenters. The highest BCUT2D eigenvalue weighted by Crippen LogP contribution is 2.41. The number of carbonyl (C=O) groups excluding carboxylic acids is 2. The number of aromatic nitrogens is 1. The summed E-state index contributed by atoms with van der Waals surface area (Å²) in [5.74, 6) is -1.59. The van der Waals surface area contributed by atoms with Gasteiger partial charge in [-0.3, -0.25) is 9.59 Å². The summed E-state index contributed by atoms with van der Waals surface area (Å²) in [6, 6.07) is 15.8. The van der Waals surface area contributed by atoms with Crippen LogP contribution in [0.5, 0.6) is 0 Å². The number of aliphatic hydroxyl groups excluding tert-OH is 1. The zero-order valence-electron chi connectivity index (χ0n) is 18.4. The molecular weight excluding hydrogens is 420 g/mol. The van der Waals surface area contributed by atoms with Crippen molar-refractivity contribution in [3.63, 3.8) is 0 Å². The maximum absolute atomic E-state index is 13.6. The van der Waals surface area contributed by atoms with E-state index in [2.05, 4.69) is 4.98 Å². The molecule has 0 saturated heterocycles. The number of ketones is 1. The molecule has 0 spiro atoms. The van der Waals surface area contributed by atoms with Crippen LogP contribution in [0.4, 0.5) is 0 Å². The number of Topliss-reactive ketones (excluding diaryl/α,β-unsaturated/α-hetero) is 1. The summed E-state index contributed by atoms with van der Waals surface area (Å²) in [6.07, 6.45) is 1.77. The third-order valence-corrected chi connectivity index (χ3v) is 5.90. The van der Waals surface area contributed by atoms with Crippen molar-refractivity contribution < 1.29 is 23.8 Å². The van der Waals surface area contributed by atoms with Crippen LogP contribution >= 0.6 is 0 Å². The first-order valence-electron chi connectivity index (χ1n) is 10.9. The molecule has 168 valence electrons. The normalized spacial score (nSPS) is 16.6. The average Bonchev–Trinajstić information content (AvgIpc) is 3.49. The van der Waals surface area contributed by atoms with E-state index in [0.29, 0.717) is 5.58 Å². The number of ether oxygens (including phenoxy) is 1. The van der Waals surface area contributed by atoms with Crippen LogP contribution < -0.4 is 0 Å². The second-order valence-electron chi connectivity index (χ2n) is 8.35. The Labute approximate surface area is 190 Å². The fourth-order valence-electron chi connectivity index (χ4n) is 4.37. The second-order valence-corrected chi connectivity index (χ2v) is 8.35. The van der Waals surface area contributed by atoms with Crippen molar-refractivity contribution in [3.8, 4) is 0 Å². The Bertz CT molecular complexity index is 1360. The van der Waals surface area contributed by atoms with Gasteiger partial charge in [0.25, 0.3) is 5.91 Å². The Hall–Kier alpha value is -3.84. The topological polar surface area (TPSA) is 95.8 Å². The smallest absolute Gasteiger partial charge is 0.290 e. The number of H-pyrrole nitrogens is 1. The fraction of sp³-hybridized carbons (Fsp3) is 0.231. The van der Waals surface area contributed by atoms with Gasteiger partial charge < -0.3 is 24.1 Å². The van der Waals surface area contributed by atoms with E-state index in [0.717, 1.165) is 21.9 Å². The number of amides is 1. The van der Waals surface area contributed by atoms with Gasteiger partial charge in [-0.2, -0.15) is 0 Å². The number of aliphatic hydroxyl groups is 1. The van der Waals surface area contributed by atoms with Crippen molar-refractivity contribution >= 4 is 33.6 Å². The van der Waals surface area contributed by atoms with Gasteiger partial charge in [-0.1, -0.05) is 36.4 Å². The van der Waals surface area contributed by atoms with Gasteiger partial charge in [0.1, 0.15) is 5.58 Å². The molecule has 0 radical (unpaired) electrons. The van der Waals surface area contributed by atoms with Gasteiger partial charge >= 0.3 is 0 Å². The maximum atomic E-state index is 13.6. The van der Waals surface area contributed by atoms with Gasteiger partial charge in [-0.15, -0.1) is 0 Å². The number of para-hydroxylation sites is 2. The van der Waals surface area contributed by atoms with Crippen LogP contribution in [-0.4, -0.2) is 45.9 Å².